The summed E-state index contributed by atoms with van der Waals surface area (Å²) in [5.74, 6) is 1.41. The Kier molecular flexibility index (Phi) is 4.22. The molecule has 1 fully saturated rings. The van der Waals surface area contributed by atoms with Crippen molar-refractivity contribution in [3.8, 4) is 11.5 Å². The van der Waals surface area contributed by atoms with Gasteiger partial charge in [-0.05, 0) is 43.0 Å². The minimum atomic E-state index is -0.0672. The number of nitrogens with one attached hydrogen (secondary N) is 1. The summed E-state index contributed by atoms with van der Waals surface area (Å²) in [6.45, 7) is 3.97. The molecule has 0 unspecified atom stereocenters. The summed E-state index contributed by atoms with van der Waals surface area (Å²) in [7, 11) is 0. The minimum absolute atomic E-state index is 0.0672. The molecule has 0 aromatic heterocycles. The van der Waals surface area contributed by atoms with Crippen LogP contribution < -0.4 is 14.8 Å². The highest BCUT2D eigenvalue weighted by molar-refractivity contribution is 5.90. The van der Waals surface area contributed by atoms with Crippen molar-refractivity contribution in [3.63, 3.8) is 0 Å². The van der Waals surface area contributed by atoms with E-state index in [0.29, 0.717) is 19.0 Å². The SMILES string of the molecule is Cc1ccccc1[C@H]1CCCN1C(=O)Nc1ccc2c(c1)OCCO2. The van der Waals surface area contributed by atoms with Crippen molar-refractivity contribution in [2.45, 2.75) is 25.8 Å². The van der Waals surface area contributed by atoms with Crippen LogP contribution in [-0.4, -0.2) is 30.7 Å². The van der Waals surface area contributed by atoms with Crippen molar-refractivity contribution in [1.29, 1.82) is 0 Å². The van der Waals surface area contributed by atoms with Crippen LogP contribution in [0.15, 0.2) is 42.5 Å². The molecular weight excluding hydrogens is 316 g/mol. The minimum Gasteiger partial charge on any atom is -0.486 e. The third-order valence-electron chi connectivity index (χ3n) is 4.85. The molecule has 1 atom stereocenters. The van der Waals surface area contributed by atoms with Crippen LogP contribution in [0.5, 0.6) is 11.5 Å². The van der Waals surface area contributed by atoms with Gasteiger partial charge in [-0.2, -0.15) is 0 Å². The van der Waals surface area contributed by atoms with E-state index in [1.54, 1.807) is 0 Å². The molecule has 5 heteroatoms. The number of anilines is 1. The zero-order chi connectivity index (χ0) is 17.2. The van der Waals surface area contributed by atoms with E-state index in [2.05, 4.69) is 24.4 Å². The predicted molar refractivity (Wildman–Crippen MR) is 96.3 cm³/mol. The maximum Gasteiger partial charge on any atom is 0.322 e. The van der Waals surface area contributed by atoms with E-state index < -0.39 is 0 Å². The molecule has 0 radical (unpaired) electrons. The van der Waals surface area contributed by atoms with Gasteiger partial charge in [0.1, 0.15) is 13.2 Å². The Labute approximate surface area is 147 Å². The number of fused-ring (bicyclic) bond motifs is 1. The molecule has 0 saturated carbocycles. The van der Waals surface area contributed by atoms with E-state index in [1.165, 1.54) is 11.1 Å². The van der Waals surface area contributed by atoms with Crippen LogP contribution in [0, 0.1) is 6.92 Å². The van der Waals surface area contributed by atoms with Gasteiger partial charge in [-0.15, -0.1) is 0 Å². The Morgan fingerprint density at radius 3 is 2.76 bits per heavy atom. The van der Waals surface area contributed by atoms with Crippen molar-refractivity contribution in [1.82, 2.24) is 4.90 Å². The molecule has 130 valence electrons. The van der Waals surface area contributed by atoms with Crippen LogP contribution in [0.4, 0.5) is 10.5 Å². The highest BCUT2D eigenvalue weighted by Crippen LogP contribution is 2.35. The Morgan fingerprint density at radius 2 is 1.92 bits per heavy atom. The molecule has 2 heterocycles. The van der Waals surface area contributed by atoms with E-state index >= 15 is 0 Å². The molecule has 4 rings (SSSR count). The number of carbonyl (C=O) groups excluding carboxylic acids is 1. The molecule has 2 aliphatic heterocycles. The third kappa shape index (κ3) is 3.14. The van der Waals surface area contributed by atoms with Crippen LogP contribution in [0.25, 0.3) is 0 Å². The van der Waals surface area contributed by atoms with Gasteiger partial charge in [-0.25, -0.2) is 4.79 Å². The van der Waals surface area contributed by atoms with E-state index in [1.807, 2.05) is 35.2 Å². The molecular formula is C20H22N2O3. The average molecular weight is 338 g/mol. The van der Waals surface area contributed by atoms with Crippen LogP contribution in [-0.2, 0) is 0 Å². The standard InChI is InChI=1S/C20H22N2O3/c1-14-5-2-3-6-16(14)17-7-4-10-22(17)20(23)21-15-8-9-18-19(13-15)25-12-11-24-18/h2-3,5-6,8-9,13,17H,4,7,10-12H2,1H3,(H,21,23)/t17-/m1/s1. The molecule has 2 amide bonds. The quantitative estimate of drug-likeness (QED) is 0.895. The molecule has 2 aromatic carbocycles. The number of ether oxygens (including phenoxy) is 2. The fourth-order valence-corrected chi connectivity index (χ4v) is 3.61. The number of aryl methyl sites for hydroxylation is 1. The van der Waals surface area contributed by atoms with Gasteiger partial charge in [0, 0.05) is 18.3 Å². The molecule has 2 aromatic rings. The summed E-state index contributed by atoms with van der Waals surface area (Å²) in [5, 5.41) is 3.00. The number of benzene rings is 2. The van der Waals surface area contributed by atoms with Gasteiger partial charge in [-0.1, -0.05) is 24.3 Å². The number of likely N-dealkylation sites (tertiary alicyclic amines) is 1. The third-order valence-corrected chi connectivity index (χ3v) is 4.85. The number of hydrogen-bond donors (Lipinski definition) is 1. The van der Waals surface area contributed by atoms with Crippen LogP contribution in [0.3, 0.4) is 0 Å². The Bertz CT molecular complexity index is 790. The Hall–Kier alpha value is -2.69. The van der Waals surface area contributed by atoms with Gasteiger partial charge in [0.2, 0.25) is 0 Å². The van der Waals surface area contributed by atoms with Gasteiger partial charge in [-0.3, -0.25) is 0 Å². The van der Waals surface area contributed by atoms with Gasteiger partial charge in [0.15, 0.2) is 11.5 Å². The Balaban J connectivity index is 1.51. The summed E-state index contributed by atoms with van der Waals surface area (Å²) in [6.07, 6.45) is 2.02. The van der Waals surface area contributed by atoms with Gasteiger partial charge in [0.25, 0.3) is 0 Å². The molecule has 25 heavy (non-hydrogen) atoms. The van der Waals surface area contributed by atoms with Gasteiger partial charge in [0.05, 0.1) is 6.04 Å². The molecule has 1 saturated heterocycles. The molecule has 2 aliphatic rings. The fourth-order valence-electron chi connectivity index (χ4n) is 3.61. The first-order valence-electron chi connectivity index (χ1n) is 8.75. The van der Waals surface area contributed by atoms with Crippen molar-refractivity contribution in [3.05, 3.63) is 53.6 Å². The van der Waals surface area contributed by atoms with Gasteiger partial charge < -0.3 is 19.7 Å². The number of carbonyl (C=O) groups is 1. The maximum absolute atomic E-state index is 12.8. The molecule has 0 bridgehead atoms. The van der Waals surface area contributed by atoms with E-state index in [4.69, 9.17) is 9.47 Å². The summed E-state index contributed by atoms with van der Waals surface area (Å²) in [5.41, 5.74) is 3.19. The zero-order valence-corrected chi connectivity index (χ0v) is 14.3. The second-order valence-electron chi connectivity index (χ2n) is 6.50. The lowest BCUT2D eigenvalue weighted by Gasteiger charge is -2.27. The number of amides is 2. The van der Waals surface area contributed by atoms with Crippen molar-refractivity contribution < 1.29 is 14.3 Å². The smallest absolute Gasteiger partial charge is 0.322 e. The molecule has 1 N–H and O–H groups in total. The van der Waals surface area contributed by atoms with Crippen LogP contribution in [0.1, 0.15) is 30.0 Å². The van der Waals surface area contributed by atoms with Crippen molar-refractivity contribution in [2.24, 2.45) is 0 Å². The highest BCUT2D eigenvalue weighted by atomic mass is 16.6. The second kappa shape index (κ2) is 6.67. The first-order valence-corrected chi connectivity index (χ1v) is 8.75. The highest BCUT2D eigenvalue weighted by Gasteiger charge is 2.30. The maximum atomic E-state index is 12.8. The predicted octanol–water partition coefficient (Wildman–Crippen LogP) is 4.14. The fraction of sp³-hybridized carbons (Fsp3) is 0.350. The Morgan fingerprint density at radius 1 is 1.12 bits per heavy atom. The van der Waals surface area contributed by atoms with E-state index in [9.17, 15) is 4.79 Å². The van der Waals surface area contributed by atoms with Gasteiger partial charge >= 0.3 is 6.03 Å². The molecule has 5 nitrogen and oxygen atoms in total. The lowest BCUT2D eigenvalue weighted by molar-refractivity contribution is 0.171. The largest absolute Gasteiger partial charge is 0.486 e. The first-order chi connectivity index (χ1) is 12.2. The van der Waals surface area contributed by atoms with E-state index in [0.717, 1.165) is 30.8 Å². The van der Waals surface area contributed by atoms with Crippen molar-refractivity contribution in [2.75, 3.05) is 25.1 Å². The first kappa shape index (κ1) is 15.8. The topological polar surface area (TPSA) is 50.8 Å². The lowest BCUT2D eigenvalue weighted by Crippen LogP contribution is -2.34. The average Bonchev–Trinajstić information content (AvgIpc) is 3.11. The summed E-state index contributed by atoms with van der Waals surface area (Å²) < 4.78 is 11.1. The van der Waals surface area contributed by atoms with E-state index in [-0.39, 0.29) is 12.1 Å². The lowest BCUT2D eigenvalue weighted by atomic mass is 9.99. The van der Waals surface area contributed by atoms with Crippen molar-refractivity contribution >= 4 is 11.7 Å². The molecule has 0 aliphatic carbocycles. The number of urea groups is 1. The molecule has 0 spiro atoms. The summed E-state index contributed by atoms with van der Waals surface area (Å²) in [4.78, 5) is 14.8. The second-order valence-corrected chi connectivity index (χ2v) is 6.50. The zero-order valence-electron chi connectivity index (χ0n) is 14.3. The summed E-state index contributed by atoms with van der Waals surface area (Å²) in [6, 6.07) is 13.9. The number of rotatable bonds is 2. The monoisotopic (exact) mass is 338 g/mol. The number of hydrogen-bond acceptors (Lipinski definition) is 3. The van der Waals surface area contributed by atoms with Crippen LogP contribution >= 0.6 is 0 Å². The normalized spacial score (nSPS) is 18.9. The summed E-state index contributed by atoms with van der Waals surface area (Å²) >= 11 is 0. The number of nitrogens with zero attached hydrogens (tertiary/aromatic N) is 1. The van der Waals surface area contributed by atoms with Crippen LogP contribution in [0.2, 0.25) is 0 Å².